The van der Waals surface area contributed by atoms with Gasteiger partial charge in [0.1, 0.15) is 5.75 Å². The fraction of sp³-hybridized carbons (Fsp3) is 0.143. The van der Waals surface area contributed by atoms with Gasteiger partial charge in [-0.1, -0.05) is 51.3 Å². The summed E-state index contributed by atoms with van der Waals surface area (Å²) in [6.45, 7) is 0. The van der Waals surface area contributed by atoms with Gasteiger partial charge in [-0.25, -0.2) is 0 Å². The molecule has 0 amide bonds. The lowest BCUT2D eigenvalue weighted by Gasteiger charge is -2.16. The maximum absolute atomic E-state index is 6.26. The quantitative estimate of drug-likeness (QED) is 0.852. The standard InChI is InChI=1S/C14H12BrCl2NO/c1-19-9-3-5-11(13(17)7-9)14(18)10-4-2-8(16)6-12(10)15/h2-7,14H,18H2,1H3. The van der Waals surface area contributed by atoms with Crippen molar-refractivity contribution in [2.45, 2.75) is 6.04 Å². The highest BCUT2D eigenvalue weighted by Crippen LogP contribution is 2.33. The maximum atomic E-state index is 6.26. The SMILES string of the molecule is COc1ccc(C(N)c2ccc(Cl)cc2Br)c(Cl)c1. The molecule has 0 aliphatic carbocycles. The van der Waals surface area contributed by atoms with Crippen molar-refractivity contribution in [3.8, 4) is 5.75 Å². The van der Waals surface area contributed by atoms with Crippen LogP contribution >= 0.6 is 39.1 Å². The van der Waals surface area contributed by atoms with Crippen molar-refractivity contribution < 1.29 is 4.74 Å². The largest absolute Gasteiger partial charge is 0.497 e. The van der Waals surface area contributed by atoms with Crippen molar-refractivity contribution in [3.05, 3.63) is 62.0 Å². The van der Waals surface area contributed by atoms with Crippen molar-refractivity contribution >= 4 is 39.1 Å². The molecule has 2 aromatic rings. The Kier molecular flexibility index (Phi) is 4.74. The second kappa shape index (κ2) is 6.14. The van der Waals surface area contributed by atoms with Gasteiger partial charge in [-0.2, -0.15) is 0 Å². The van der Waals surface area contributed by atoms with E-state index < -0.39 is 0 Å². The minimum atomic E-state index is -0.329. The molecular formula is C14H12BrCl2NO. The van der Waals surface area contributed by atoms with Crippen LogP contribution in [0.2, 0.25) is 10.0 Å². The van der Waals surface area contributed by atoms with Crippen LogP contribution < -0.4 is 10.5 Å². The molecule has 100 valence electrons. The lowest BCUT2D eigenvalue weighted by Crippen LogP contribution is -2.13. The van der Waals surface area contributed by atoms with E-state index in [-0.39, 0.29) is 6.04 Å². The van der Waals surface area contributed by atoms with E-state index in [1.807, 2.05) is 24.3 Å². The number of ether oxygens (including phenoxy) is 1. The van der Waals surface area contributed by atoms with Crippen LogP contribution in [0.1, 0.15) is 17.2 Å². The summed E-state index contributed by atoms with van der Waals surface area (Å²) < 4.78 is 5.98. The first-order valence-electron chi connectivity index (χ1n) is 5.57. The van der Waals surface area contributed by atoms with Gasteiger partial charge < -0.3 is 10.5 Å². The zero-order chi connectivity index (χ0) is 14.0. The van der Waals surface area contributed by atoms with E-state index in [0.29, 0.717) is 15.8 Å². The van der Waals surface area contributed by atoms with Crippen molar-refractivity contribution in [2.75, 3.05) is 7.11 Å². The molecule has 1 atom stereocenters. The van der Waals surface area contributed by atoms with Crippen LogP contribution in [-0.4, -0.2) is 7.11 Å². The van der Waals surface area contributed by atoms with E-state index in [4.69, 9.17) is 33.7 Å². The normalized spacial score (nSPS) is 12.3. The number of rotatable bonds is 3. The third kappa shape index (κ3) is 3.23. The first-order chi connectivity index (χ1) is 9.02. The fourth-order valence-electron chi connectivity index (χ4n) is 1.81. The lowest BCUT2D eigenvalue weighted by atomic mass is 9.99. The topological polar surface area (TPSA) is 35.2 Å². The molecule has 0 fully saturated rings. The second-order valence-corrected chi connectivity index (χ2v) is 5.73. The van der Waals surface area contributed by atoms with Crippen LogP contribution in [0.25, 0.3) is 0 Å². The minimum Gasteiger partial charge on any atom is -0.497 e. The molecule has 0 bridgehead atoms. The molecule has 0 heterocycles. The first-order valence-corrected chi connectivity index (χ1v) is 7.11. The van der Waals surface area contributed by atoms with Gasteiger partial charge in [-0.05, 0) is 35.4 Å². The van der Waals surface area contributed by atoms with Gasteiger partial charge in [0, 0.05) is 14.5 Å². The van der Waals surface area contributed by atoms with Gasteiger partial charge in [-0.3, -0.25) is 0 Å². The zero-order valence-corrected chi connectivity index (χ0v) is 13.3. The molecule has 0 aromatic heterocycles. The number of hydrogen-bond acceptors (Lipinski definition) is 2. The van der Waals surface area contributed by atoms with Crippen LogP contribution in [-0.2, 0) is 0 Å². The summed E-state index contributed by atoms with van der Waals surface area (Å²) >= 11 is 15.6. The monoisotopic (exact) mass is 359 g/mol. The number of methoxy groups -OCH3 is 1. The Morgan fingerprint density at radius 1 is 1.11 bits per heavy atom. The Morgan fingerprint density at radius 3 is 2.37 bits per heavy atom. The zero-order valence-electron chi connectivity index (χ0n) is 10.2. The van der Waals surface area contributed by atoms with Crippen LogP contribution in [0.15, 0.2) is 40.9 Å². The van der Waals surface area contributed by atoms with E-state index >= 15 is 0 Å². The Labute approximate surface area is 130 Å². The Bertz CT molecular complexity index is 604. The van der Waals surface area contributed by atoms with Crippen LogP contribution in [0.4, 0.5) is 0 Å². The van der Waals surface area contributed by atoms with Gasteiger partial charge in [0.15, 0.2) is 0 Å². The van der Waals surface area contributed by atoms with Crippen molar-refractivity contribution in [1.82, 2.24) is 0 Å². The van der Waals surface area contributed by atoms with Gasteiger partial charge in [-0.15, -0.1) is 0 Å². The third-order valence-corrected chi connectivity index (χ3v) is 4.09. The van der Waals surface area contributed by atoms with Crippen molar-refractivity contribution in [1.29, 1.82) is 0 Å². The maximum Gasteiger partial charge on any atom is 0.120 e. The Balaban J connectivity index is 2.41. The second-order valence-electron chi connectivity index (χ2n) is 4.03. The molecule has 0 radical (unpaired) electrons. The molecule has 2 rings (SSSR count). The summed E-state index contributed by atoms with van der Waals surface area (Å²) in [7, 11) is 1.60. The van der Waals surface area contributed by atoms with E-state index in [9.17, 15) is 0 Å². The van der Waals surface area contributed by atoms with E-state index in [0.717, 1.165) is 15.6 Å². The van der Waals surface area contributed by atoms with Crippen LogP contribution in [0, 0.1) is 0 Å². The molecule has 5 heteroatoms. The third-order valence-electron chi connectivity index (χ3n) is 2.84. The molecule has 0 saturated heterocycles. The molecule has 0 saturated carbocycles. The predicted octanol–water partition coefficient (Wildman–Crippen LogP) is 4.81. The fourth-order valence-corrected chi connectivity index (χ4v) is 3.03. The van der Waals surface area contributed by atoms with Crippen LogP contribution in [0.3, 0.4) is 0 Å². The highest BCUT2D eigenvalue weighted by Gasteiger charge is 2.16. The summed E-state index contributed by atoms with van der Waals surface area (Å²) in [6, 6.07) is 10.6. The minimum absolute atomic E-state index is 0.329. The van der Waals surface area contributed by atoms with Crippen molar-refractivity contribution in [2.24, 2.45) is 5.73 Å². The molecule has 2 nitrogen and oxygen atoms in total. The van der Waals surface area contributed by atoms with E-state index in [1.54, 1.807) is 19.2 Å². The number of hydrogen-bond donors (Lipinski definition) is 1. The lowest BCUT2D eigenvalue weighted by molar-refractivity contribution is 0.414. The average molecular weight is 361 g/mol. The predicted molar refractivity (Wildman–Crippen MR) is 83.2 cm³/mol. The number of nitrogens with two attached hydrogens (primary N) is 1. The molecule has 2 N–H and O–H groups in total. The Morgan fingerprint density at radius 2 is 1.79 bits per heavy atom. The molecule has 2 aromatic carbocycles. The highest BCUT2D eigenvalue weighted by atomic mass is 79.9. The summed E-state index contributed by atoms with van der Waals surface area (Å²) in [5.74, 6) is 0.705. The summed E-state index contributed by atoms with van der Waals surface area (Å²) in [5.41, 5.74) is 8.03. The van der Waals surface area contributed by atoms with Crippen LogP contribution in [0.5, 0.6) is 5.75 Å². The molecule has 0 aliphatic heterocycles. The van der Waals surface area contributed by atoms with Crippen molar-refractivity contribution in [3.63, 3.8) is 0 Å². The van der Waals surface area contributed by atoms with Gasteiger partial charge in [0.25, 0.3) is 0 Å². The molecule has 19 heavy (non-hydrogen) atoms. The molecular weight excluding hydrogens is 349 g/mol. The highest BCUT2D eigenvalue weighted by molar-refractivity contribution is 9.10. The summed E-state index contributed by atoms with van der Waals surface area (Å²) in [5, 5.41) is 1.23. The number of halogens is 3. The van der Waals surface area contributed by atoms with E-state index in [2.05, 4.69) is 15.9 Å². The molecule has 0 aliphatic rings. The van der Waals surface area contributed by atoms with Gasteiger partial charge in [0.05, 0.1) is 13.2 Å². The Hall–Kier alpha value is -0.740. The average Bonchev–Trinajstić information content (AvgIpc) is 2.37. The number of benzene rings is 2. The summed E-state index contributed by atoms with van der Waals surface area (Å²) in [6.07, 6.45) is 0. The molecule has 1 unspecified atom stereocenters. The smallest absolute Gasteiger partial charge is 0.120 e. The summed E-state index contributed by atoms with van der Waals surface area (Å²) in [4.78, 5) is 0. The molecule has 0 spiro atoms. The van der Waals surface area contributed by atoms with E-state index in [1.165, 1.54) is 0 Å². The van der Waals surface area contributed by atoms with Gasteiger partial charge >= 0.3 is 0 Å². The first kappa shape index (κ1) is 14.7. The van der Waals surface area contributed by atoms with Gasteiger partial charge in [0.2, 0.25) is 0 Å².